The summed E-state index contributed by atoms with van der Waals surface area (Å²) in [6.45, 7) is 4.48. The molecule has 1 aromatic carbocycles. The van der Waals surface area contributed by atoms with E-state index in [9.17, 15) is 0 Å². The molecule has 0 amide bonds. The molecule has 1 unspecified atom stereocenters. The van der Waals surface area contributed by atoms with Crippen LogP contribution in [0.5, 0.6) is 0 Å². The second-order valence-electron chi connectivity index (χ2n) is 5.45. The average molecular weight is 317 g/mol. The minimum atomic E-state index is 0.0945. The van der Waals surface area contributed by atoms with E-state index in [4.69, 9.17) is 23.2 Å². The van der Waals surface area contributed by atoms with Crippen molar-refractivity contribution in [1.82, 2.24) is 10.2 Å². The van der Waals surface area contributed by atoms with Crippen molar-refractivity contribution in [3.05, 3.63) is 33.8 Å². The number of nitrogens with one attached hydrogen (secondary N) is 1. The highest BCUT2D eigenvalue weighted by Crippen LogP contribution is 2.32. The molecule has 0 bridgehead atoms. The van der Waals surface area contributed by atoms with Crippen LogP contribution in [0.1, 0.15) is 32.3 Å². The van der Waals surface area contributed by atoms with Crippen molar-refractivity contribution in [2.75, 3.05) is 21.1 Å². The summed E-state index contributed by atoms with van der Waals surface area (Å²) in [6, 6.07) is 6.00. The van der Waals surface area contributed by atoms with Gasteiger partial charge in [0.1, 0.15) is 0 Å². The zero-order valence-corrected chi connectivity index (χ0v) is 14.6. The SMILES string of the molecule is CCC(CC)(C(Cc1c(Cl)cccc1Cl)NC)N(C)C. The van der Waals surface area contributed by atoms with E-state index in [0.29, 0.717) is 6.04 Å². The Labute approximate surface area is 133 Å². The third kappa shape index (κ3) is 3.48. The molecule has 0 radical (unpaired) electrons. The van der Waals surface area contributed by atoms with Crippen LogP contribution in [0.15, 0.2) is 18.2 Å². The molecule has 0 heterocycles. The first-order valence-electron chi connectivity index (χ1n) is 7.20. The lowest BCUT2D eigenvalue weighted by Gasteiger charge is -2.45. The smallest absolute Gasteiger partial charge is 0.0453 e. The molecule has 114 valence electrons. The van der Waals surface area contributed by atoms with Crippen LogP contribution in [0, 0.1) is 0 Å². The minimum absolute atomic E-state index is 0.0945. The van der Waals surface area contributed by atoms with Gasteiger partial charge in [-0.15, -0.1) is 0 Å². The van der Waals surface area contributed by atoms with Gasteiger partial charge in [0.25, 0.3) is 0 Å². The fourth-order valence-electron chi connectivity index (χ4n) is 3.18. The Bertz CT molecular complexity index is 408. The molecule has 0 aliphatic heterocycles. The standard InChI is InChI=1S/C16H26Cl2N2/c1-6-16(7-2,20(4)5)15(19-3)11-12-13(17)9-8-10-14(12)18/h8-10,15,19H,6-7,11H2,1-5H3. The molecule has 2 nitrogen and oxygen atoms in total. The number of benzene rings is 1. The summed E-state index contributed by atoms with van der Waals surface area (Å²) in [5.74, 6) is 0. The predicted molar refractivity (Wildman–Crippen MR) is 90.0 cm³/mol. The predicted octanol–water partition coefficient (Wildman–Crippen LogP) is 4.24. The van der Waals surface area contributed by atoms with Crippen molar-refractivity contribution in [2.45, 2.75) is 44.7 Å². The van der Waals surface area contributed by atoms with E-state index in [1.54, 1.807) is 0 Å². The summed E-state index contributed by atoms with van der Waals surface area (Å²) in [5.41, 5.74) is 1.13. The van der Waals surface area contributed by atoms with Crippen LogP contribution in [-0.4, -0.2) is 37.6 Å². The molecule has 1 rings (SSSR count). The Morgan fingerprint density at radius 2 is 1.65 bits per heavy atom. The zero-order chi connectivity index (χ0) is 15.3. The molecular weight excluding hydrogens is 291 g/mol. The Morgan fingerprint density at radius 1 is 1.15 bits per heavy atom. The first kappa shape index (κ1) is 17.8. The van der Waals surface area contributed by atoms with Crippen molar-refractivity contribution in [1.29, 1.82) is 0 Å². The Morgan fingerprint density at radius 3 is 2.00 bits per heavy atom. The maximum absolute atomic E-state index is 6.32. The summed E-state index contributed by atoms with van der Waals surface area (Å²) < 4.78 is 0. The van der Waals surface area contributed by atoms with Gasteiger partial charge in [-0.2, -0.15) is 0 Å². The van der Waals surface area contributed by atoms with Gasteiger partial charge >= 0.3 is 0 Å². The number of rotatable bonds is 7. The van der Waals surface area contributed by atoms with Crippen LogP contribution >= 0.6 is 23.2 Å². The maximum atomic E-state index is 6.32. The van der Waals surface area contributed by atoms with Crippen LogP contribution in [0.3, 0.4) is 0 Å². The van der Waals surface area contributed by atoms with E-state index in [0.717, 1.165) is 34.9 Å². The molecule has 0 spiro atoms. The van der Waals surface area contributed by atoms with Crippen LogP contribution in [0.2, 0.25) is 10.0 Å². The van der Waals surface area contributed by atoms with Crippen molar-refractivity contribution in [2.24, 2.45) is 0 Å². The molecule has 1 N–H and O–H groups in total. The van der Waals surface area contributed by atoms with Crippen molar-refractivity contribution in [3.63, 3.8) is 0 Å². The first-order valence-corrected chi connectivity index (χ1v) is 7.96. The van der Waals surface area contributed by atoms with E-state index < -0.39 is 0 Å². The molecule has 0 aliphatic carbocycles. The topological polar surface area (TPSA) is 15.3 Å². The highest BCUT2D eigenvalue weighted by molar-refractivity contribution is 6.36. The second-order valence-corrected chi connectivity index (χ2v) is 6.27. The van der Waals surface area contributed by atoms with E-state index in [2.05, 4.69) is 38.2 Å². The van der Waals surface area contributed by atoms with Crippen LogP contribution in [0.4, 0.5) is 0 Å². The van der Waals surface area contributed by atoms with Crippen molar-refractivity contribution < 1.29 is 0 Å². The molecule has 1 aromatic rings. The van der Waals surface area contributed by atoms with Gasteiger partial charge in [0.05, 0.1) is 0 Å². The highest BCUT2D eigenvalue weighted by Gasteiger charge is 2.37. The number of nitrogens with zero attached hydrogens (tertiary/aromatic N) is 1. The number of hydrogen-bond acceptors (Lipinski definition) is 2. The molecule has 0 saturated carbocycles. The second kappa shape index (κ2) is 7.65. The largest absolute Gasteiger partial charge is 0.315 e. The first-order chi connectivity index (χ1) is 9.42. The van der Waals surface area contributed by atoms with Gasteiger partial charge in [-0.3, -0.25) is 0 Å². The van der Waals surface area contributed by atoms with E-state index in [-0.39, 0.29) is 5.54 Å². The summed E-state index contributed by atoms with van der Waals surface area (Å²) in [7, 11) is 6.30. The lowest BCUT2D eigenvalue weighted by molar-refractivity contribution is 0.0918. The number of hydrogen-bond donors (Lipinski definition) is 1. The van der Waals surface area contributed by atoms with E-state index in [1.165, 1.54) is 0 Å². The van der Waals surface area contributed by atoms with Gasteiger partial charge in [-0.05, 0) is 58.1 Å². The summed E-state index contributed by atoms with van der Waals surface area (Å²) in [5, 5.41) is 4.97. The fraction of sp³-hybridized carbons (Fsp3) is 0.625. The van der Waals surface area contributed by atoms with E-state index >= 15 is 0 Å². The maximum Gasteiger partial charge on any atom is 0.0453 e. The summed E-state index contributed by atoms with van der Waals surface area (Å²) in [4.78, 5) is 2.32. The average Bonchev–Trinajstić information content (AvgIpc) is 2.42. The van der Waals surface area contributed by atoms with Gasteiger partial charge in [0, 0.05) is 21.6 Å². The van der Waals surface area contributed by atoms with Crippen molar-refractivity contribution >= 4 is 23.2 Å². The fourth-order valence-corrected chi connectivity index (χ4v) is 3.73. The van der Waals surface area contributed by atoms with Crippen LogP contribution < -0.4 is 5.32 Å². The summed E-state index contributed by atoms with van der Waals surface area (Å²) in [6.07, 6.45) is 2.98. The lowest BCUT2D eigenvalue weighted by atomic mass is 9.80. The van der Waals surface area contributed by atoms with Crippen molar-refractivity contribution in [3.8, 4) is 0 Å². The Kier molecular flexibility index (Phi) is 6.80. The molecule has 0 fully saturated rings. The van der Waals surface area contributed by atoms with E-state index in [1.807, 2.05) is 25.2 Å². The van der Waals surface area contributed by atoms with Gasteiger partial charge in [-0.1, -0.05) is 43.1 Å². The van der Waals surface area contributed by atoms with Gasteiger partial charge in [-0.25, -0.2) is 0 Å². The quantitative estimate of drug-likeness (QED) is 0.809. The van der Waals surface area contributed by atoms with Gasteiger partial charge in [0.2, 0.25) is 0 Å². The van der Waals surface area contributed by atoms with Gasteiger partial charge < -0.3 is 10.2 Å². The molecule has 1 atom stereocenters. The highest BCUT2D eigenvalue weighted by atomic mass is 35.5. The molecule has 0 saturated heterocycles. The number of likely N-dealkylation sites (N-methyl/N-ethyl adjacent to an activating group) is 2. The molecule has 4 heteroatoms. The summed E-state index contributed by atoms with van der Waals surface area (Å²) >= 11 is 12.6. The molecule has 0 aliphatic rings. The molecule has 0 aromatic heterocycles. The molecular formula is C16H26Cl2N2. The third-order valence-corrected chi connectivity index (χ3v) is 5.29. The zero-order valence-electron chi connectivity index (χ0n) is 13.1. The van der Waals surface area contributed by atoms with Crippen LogP contribution in [0.25, 0.3) is 0 Å². The minimum Gasteiger partial charge on any atom is -0.315 e. The Balaban J connectivity index is 3.13. The third-order valence-electron chi connectivity index (χ3n) is 4.58. The number of halogens is 2. The lowest BCUT2D eigenvalue weighted by Crippen LogP contribution is -2.58. The monoisotopic (exact) mass is 316 g/mol. The Hall–Kier alpha value is -0.280. The van der Waals surface area contributed by atoms with Gasteiger partial charge in [0.15, 0.2) is 0 Å². The molecule has 20 heavy (non-hydrogen) atoms. The van der Waals surface area contributed by atoms with Crippen LogP contribution in [-0.2, 0) is 6.42 Å². The normalized spacial score (nSPS) is 13.8.